The summed E-state index contributed by atoms with van der Waals surface area (Å²) in [6.45, 7) is 3.48. The van der Waals surface area contributed by atoms with Crippen molar-refractivity contribution >= 4 is 17.2 Å². The highest BCUT2D eigenvalue weighted by atomic mass is 32.1. The van der Waals surface area contributed by atoms with Gasteiger partial charge in [0.25, 0.3) is 5.91 Å². The molecular weight excluding hydrogens is 339 g/mol. The number of carbonyl (C=O) groups is 1. The quantitative estimate of drug-likeness (QED) is 0.817. The topological polar surface area (TPSA) is 42.4 Å². The number of halogens is 1. The molecule has 1 aromatic heterocycles. The van der Waals surface area contributed by atoms with Gasteiger partial charge in [-0.25, -0.2) is 9.37 Å². The van der Waals surface area contributed by atoms with Gasteiger partial charge in [0.05, 0.1) is 6.04 Å². The Bertz CT molecular complexity index is 772. The molecule has 1 aromatic carbocycles. The summed E-state index contributed by atoms with van der Waals surface area (Å²) in [7, 11) is 0. The Morgan fingerprint density at radius 2 is 2.24 bits per heavy atom. The molecule has 0 saturated carbocycles. The number of hydrogen-bond acceptors (Lipinski definition) is 4. The second kappa shape index (κ2) is 6.84. The van der Waals surface area contributed by atoms with Crippen molar-refractivity contribution in [2.24, 2.45) is 5.92 Å². The second-order valence-corrected chi connectivity index (χ2v) is 7.80. The Labute approximate surface area is 150 Å². The first-order chi connectivity index (χ1) is 12.1. The number of carbonyl (C=O) groups excluding carboxylic acids is 1. The number of nitrogens with zero attached hydrogens (tertiary/aromatic N) is 2. The van der Waals surface area contributed by atoms with E-state index >= 15 is 0 Å². The van der Waals surface area contributed by atoms with Crippen molar-refractivity contribution in [1.82, 2.24) is 9.88 Å². The zero-order valence-corrected chi connectivity index (χ0v) is 15.0. The minimum Gasteiger partial charge on any atom is -0.371 e. The lowest BCUT2D eigenvalue weighted by atomic mass is 10.0. The molecule has 2 saturated heterocycles. The average molecular weight is 360 g/mol. The largest absolute Gasteiger partial charge is 0.371 e. The average Bonchev–Trinajstić information content (AvgIpc) is 3.34. The van der Waals surface area contributed by atoms with E-state index in [4.69, 9.17) is 4.74 Å². The molecule has 3 heterocycles. The zero-order valence-electron chi connectivity index (χ0n) is 14.2. The molecule has 2 aliphatic heterocycles. The number of rotatable bonds is 3. The van der Waals surface area contributed by atoms with Crippen molar-refractivity contribution in [3.8, 4) is 0 Å². The fourth-order valence-corrected chi connectivity index (χ4v) is 4.64. The number of hydrogen-bond donors (Lipinski definition) is 0. The van der Waals surface area contributed by atoms with Crippen LogP contribution in [-0.4, -0.2) is 28.9 Å². The summed E-state index contributed by atoms with van der Waals surface area (Å²) >= 11 is 1.48. The van der Waals surface area contributed by atoms with Gasteiger partial charge in [0.2, 0.25) is 0 Å². The molecule has 3 atom stereocenters. The minimum absolute atomic E-state index is 0.0198. The summed E-state index contributed by atoms with van der Waals surface area (Å²) in [6.07, 6.45) is 2.79. The predicted octanol–water partition coefficient (Wildman–Crippen LogP) is 4.36. The molecule has 0 radical (unpaired) electrons. The van der Waals surface area contributed by atoms with Gasteiger partial charge < -0.3 is 9.64 Å². The van der Waals surface area contributed by atoms with Crippen molar-refractivity contribution in [3.05, 3.63) is 51.7 Å². The minimum atomic E-state index is -0.252. The summed E-state index contributed by atoms with van der Waals surface area (Å²) in [5.41, 5.74) is 1.04. The van der Waals surface area contributed by atoms with E-state index in [0.29, 0.717) is 23.7 Å². The highest BCUT2D eigenvalue weighted by Crippen LogP contribution is 2.38. The van der Waals surface area contributed by atoms with Gasteiger partial charge in [0, 0.05) is 24.1 Å². The van der Waals surface area contributed by atoms with E-state index in [2.05, 4.69) is 11.9 Å². The molecule has 0 aliphatic carbocycles. The lowest BCUT2D eigenvalue weighted by Gasteiger charge is -2.24. The number of aromatic nitrogens is 1. The Morgan fingerprint density at radius 3 is 3.00 bits per heavy atom. The molecule has 6 heteroatoms. The zero-order chi connectivity index (χ0) is 17.4. The summed E-state index contributed by atoms with van der Waals surface area (Å²) in [5, 5.41) is 2.68. The fraction of sp³-hybridized carbons (Fsp3) is 0.474. The molecule has 25 heavy (non-hydrogen) atoms. The van der Waals surface area contributed by atoms with Gasteiger partial charge in [-0.05, 0) is 31.2 Å². The molecule has 0 N–H and O–H groups in total. The third-order valence-corrected chi connectivity index (χ3v) is 5.92. The van der Waals surface area contributed by atoms with Crippen LogP contribution in [0.15, 0.2) is 29.6 Å². The molecule has 4 nitrogen and oxygen atoms in total. The van der Waals surface area contributed by atoms with Crippen molar-refractivity contribution in [2.75, 3.05) is 13.2 Å². The first kappa shape index (κ1) is 16.7. The lowest BCUT2D eigenvalue weighted by Crippen LogP contribution is -2.31. The number of likely N-dealkylation sites (tertiary alicyclic amines) is 1. The van der Waals surface area contributed by atoms with E-state index in [1.54, 1.807) is 22.4 Å². The van der Waals surface area contributed by atoms with Crippen molar-refractivity contribution in [2.45, 2.75) is 38.3 Å². The van der Waals surface area contributed by atoms with Crippen molar-refractivity contribution in [3.63, 3.8) is 0 Å². The van der Waals surface area contributed by atoms with E-state index < -0.39 is 0 Å². The van der Waals surface area contributed by atoms with Gasteiger partial charge in [0.1, 0.15) is 22.6 Å². The molecular formula is C19H21FN2O2S. The molecule has 2 aromatic rings. The lowest BCUT2D eigenvalue weighted by molar-refractivity contribution is 0.0723. The number of benzene rings is 1. The molecule has 0 bridgehead atoms. The van der Waals surface area contributed by atoms with E-state index in [-0.39, 0.29) is 23.9 Å². The van der Waals surface area contributed by atoms with Crippen LogP contribution in [0.5, 0.6) is 0 Å². The monoisotopic (exact) mass is 360 g/mol. The predicted molar refractivity (Wildman–Crippen MR) is 94.0 cm³/mol. The number of ether oxygens (including phenoxy) is 1. The second-order valence-electron chi connectivity index (χ2n) is 6.91. The van der Waals surface area contributed by atoms with Gasteiger partial charge in [-0.2, -0.15) is 0 Å². The van der Waals surface area contributed by atoms with E-state index in [1.165, 1.54) is 17.4 Å². The Morgan fingerprint density at radius 1 is 1.40 bits per heavy atom. The van der Waals surface area contributed by atoms with Crippen LogP contribution < -0.4 is 0 Å². The standard InChI is InChI=1S/C19H21FN2O2S/c1-12-9-16(13-5-2-3-6-14(13)20)22(10-12)19(23)15-11-25-18(21-15)17-7-4-8-24-17/h2-3,5-6,11-12,16-17H,4,7-10H2,1H3. The van der Waals surface area contributed by atoms with E-state index in [0.717, 1.165) is 30.9 Å². The van der Waals surface area contributed by atoms with Crippen LogP contribution in [0.1, 0.15) is 59.4 Å². The molecule has 2 fully saturated rings. The van der Waals surface area contributed by atoms with E-state index in [9.17, 15) is 9.18 Å². The fourth-order valence-electron chi connectivity index (χ4n) is 3.76. The van der Waals surface area contributed by atoms with Crippen LogP contribution in [0.2, 0.25) is 0 Å². The van der Waals surface area contributed by atoms with Gasteiger partial charge in [-0.15, -0.1) is 11.3 Å². The molecule has 4 rings (SSSR count). The summed E-state index contributed by atoms with van der Waals surface area (Å²) in [5.74, 6) is -0.0272. The van der Waals surface area contributed by atoms with Gasteiger partial charge in [-0.3, -0.25) is 4.79 Å². The normalized spacial score (nSPS) is 26.3. The summed E-state index contributed by atoms with van der Waals surface area (Å²) < 4.78 is 19.9. The number of amides is 1. The third-order valence-electron chi connectivity index (χ3n) is 4.98. The Balaban J connectivity index is 1.58. The van der Waals surface area contributed by atoms with Crippen LogP contribution in [0.25, 0.3) is 0 Å². The van der Waals surface area contributed by atoms with Crippen LogP contribution in [-0.2, 0) is 4.74 Å². The van der Waals surface area contributed by atoms with Crippen LogP contribution in [0, 0.1) is 11.7 Å². The Hall–Kier alpha value is -1.79. The SMILES string of the molecule is CC1CC(c2ccccc2F)N(C(=O)c2csc(C3CCCO3)n2)C1. The smallest absolute Gasteiger partial charge is 0.273 e. The molecule has 0 spiro atoms. The third kappa shape index (κ3) is 3.20. The van der Waals surface area contributed by atoms with Crippen LogP contribution in [0.4, 0.5) is 4.39 Å². The molecule has 3 unspecified atom stereocenters. The highest BCUT2D eigenvalue weighted by molar-refractivity contribution is 7.09. The maximum atomic E-state index is 14.2. The maximum absolute atomic E-state index is 14.2. The highest BCUT2D eigenvalue weighted by Gasteiger charge is 2.37. The van der Waals surface area contributed by atoms with Gasteiger partial charge in [-0.1, -0.05) is 25.1 Å². The summed E-state index contributed by atoms with van der Waals surface area (Å²) in [6, 6.07) is 6.51. The first-order valence-electron chi connectivity index (χ1n) is 8.76. The Kier molecular flexibility index (Phi) is 4.56. The maximum Gasteiger partial charge on any atom is 0.273 e. The van der Waals surface area contributed by atoms with Crippen LogP contribution in [0.3, 0.4) is 0 Å². The van der Waals surface area contributed by atoms with Crippen LogP contribution >= 0.6 is 11.3 Å². The molecule has 2 aliphatic rings. The first-order valence-corrected chi connectivity index (χ1v) is 9.64. The molecule has 1 amide bonds. The van der Waals surface area contributed by atoms with Gasteiger partial charge >= 0.3 is 0 Å². The summed E-state index contributed by atoms with van der Waals surface area (Å²) in [4.78, 5) is 19.3. The number of thiazole rings is 1. The van der Waals surface area contributed by atoms with Gasteiger partial charge in [0.15, 0.2) is 0 Å². The molecule has 132 valence electrons. The van der Waals surface area contributed by atoms with Crippen molar-refractivity contribution < 1.29 is 13.9 Å². The van der Waals surface area contributed by atoms with E-state index in [1.807, 2.05) is 6.07 Å². The van der Waals surface area contributed by atoms with Crippen molar-refractivity contribution in [1.29, 1.82) is 0 Å².